The Bertz CT molecular complexity index is 1480. The minimum Gasteiger partial charge on any atom is -0.478 e. The van der Waals surface area contributed by atoms with Crippen LogP contribution >= 0.6 is 23.2 Å². The van der Waals surface area contributed by atoms with Gasteiger partial charge in [-0.2, -0.15) is 0 Å². The van der Waals surface area contributed by atoms with Crippen LogP contribution in [0.1, 0.15) is 41.0 Å². The highest BCUT2D eigenvalue weighted by molar-refractivity contribution is 6.36. The lowest BCUT2D eigenvalue weighted by molar-refractivity contribution is -0.131. The normalized spacial score (nSPS) is 12.1. The number of rotatable bonds is 5. The van der Waals surface area contributed by atoms with Crippen LogP contribution in [-0.2, 0) is 10.5 Å². The fourth-order valence-corrected chi connectivity index (χ4v) is 4.65. The van der Waals surface area contributed by atoms with Crippen molar-refractivity contribution >= 4 is 52.1 Å². The first-order valence-electron chi connectivity index (χ1n) is 10.4. The van der Waals surface area contributed by atoms with Gasteiger partial charge < -0.3 is 10.1 Å². The number of nitrogens with zero attached hydrogens (tertiary/aromatic N) is 1. The van der Waals surface area contributed by atoms with E-state index in [2.05, 4.69) is 4.98 Å². The van der Waals surface area contributed by atoms with E-state index in [9.17, 15) is 9.59 Å². The number of aliphatic carboxylic acids is 1. The van der Waals surface area contributed by atoms with Crippen molar-refractivity contribution in [3.05, 3.63) is 87.3 Å². The summed E-state index contributed by atoms with van der Waals surface area (Å²) >= 11 is 12.5. The van der Waals surface area contributed by atoms with Crippen LogP contribution in [0.2, 0.25) is 10.0 Å². The van der Waals surface area contributed by atoms with Gasteiger partial charge in [0.1, 0.15) is 5.67 Å². The molecular weight excluding hydrogens is 478 g/mol. The number of H-pyrrole nitrogens is 1. The second-order valence-electron chi connectivity index (χ2n) is 8.45. The predicted molar refractivity (Wildman–Crippen MR) is 133 cm³/mol. The molecule has 0 spiro atoms. The number of carbonyl (C=O) groups is 2. The van der Waals surface area contributed by atoms with Gasteiger partial charge in [0.2, 0.25) is 0 Å². The maximum Gasteiger partial charge on any atom is 0.328 e. The van der Waals surface area contributed by atoms with E-state index in [1.807, 2.05) is 6.92 Å². The molecule has 34 heavy (non-hydrogen) atoms. The number of aromatic nitrogens is 2. The van der Waals surface area contributed by atoms with Gasteiger partial charge in [-0.1, -0.05) is 41.4 Å². The first-order valence-corrected chi connectivity index (χ1v) is 11.2. The number of carboxylic acid groups (broad SMARTS) is 1. The topological polar surface area (TPSA) is 75.1 Å². The predicted octanol–water partition coefficient (Wildman–Crippen LogP) is 7.24. The molecule has 2 aromatic carbocycles. The van der Waals surface area contributed by atoms with Crippen LogP contribution in [0.3, 0.4) is 0 Å². The molecule has 4 rings (SSSR count). The molecule has 2 aromatic heterocycles. The molecule has 0 aliphatic carbocycles. The van der Waals surface area contributed by atoms with Crippen molar-refractivity contribution in [2.24, 2.45) is 0 Å². The molecule has 0 saturated carbocycles. The molecule has 0 fully saturated rings. The molecular formula is C26H21Cl2FN2O3. The molecule has 0 atom stereocenters. The third kappa shape index (κ3) is 4.27. The van der Waals surface area contributed by atoms with Crippen LogP contribution in [0.25, 0.3) is 28.1 Å². The van der Waals surface area contributed by atoms with Gasteiger partial charge in [0.25, 0.3) is 5.91 Å². The van der Waals surface area contributed by atoms with Crippen LogP contribution in [0, 0.1) is 6.92 Å². The Kier molecular flexibility index (Phi) is 6.14. The fourth-order valence-electron chi connectivity index (χ4n) is 4.14. The highest BCUT2D eigenvalue weighted by Crippen LogP contribution is 2.39. The lowest BCUT2D eigenvalue weighted by Crippen LogP contribution is -2.19. The highest BCUT2D eigenvalue weighted by Gasteiger charge is 2.32. The number of fused-ring (bicyclic) bond motifs is 1. The van der Waals surface area contributed by atoms with E-state index in [-0.39, 0.29) is 11.3 Å². The molecule has 0 amide bonds. The molecule has 0 bridgehead atoms. The van der Waals surface area contributed by atoms with Crippen molar-refractivity contribution in [1.82, 2.24) is 9.55 Å². The number of hydrogen-bond donors (Lipinski definition) is 2. The summed E-state index contributed by atoms with van der Waals surface area (Å²) in [5.74, 6) is -1.52. The number of aryl methyl sites for hydroxylation is 1. The summed E-state index contributed by atoms with van der Waals surface area (Å²) in [5.41, 5.74) is 1.44. The Labute approximate surface area is 205 Å². The maximum absolute atomic E-state index is 15.2. The number of aromatic amines is 1. The van der Waals surface area contributed by atoms with Crippen LogP contribution < -0.4 is 0 Å². The zero-order chi connectivity index (χ0) is 24.8. The molecule has 0 unspecified atom stereocenters. The Hall–Kier alpha value is -3.35. The summed E-state index contributed by atoms with van der Waals surface area (Å²) in [6, 6.07) is 10.2. The average Bonchev–Trinajstić information content (AvgIpc) is 3.34. The van der Waals surface area contributed by atoms with Gasteiger partial charge in [0, 0.05) is 45.0 Å². The quantitative estimate of drug-likeness (QED) is 0.284. The van der Waals surface area contributed by atoms with Crippen LogP contribution in [-0.4, -0.2) is 26.5 Å². The number of carbonyl (C=O) groups excluding carboxylic acids is 1. The first kappa shape index (κ1) is 23.8. The number of halogens is 3. The van der Waals surface area contributed by atoms with Gasteiger partial charge in [-0.3, -0.25) is 9.36 Å². The van der Waals surface area contributed by atoms with E-state index in [4.69, 9.17) is 28.3 Å². The third-order valence-corrected chi connectivity index (χ3v) is 6.13. The fraction of sp³-hybridized carbons (Fsp3) is 0.154. The van der Waals surface area contributed by atoms with E-state index in [0.29, 0.717) is 32.3 Å². The minimum absolute atomic E-state index is 0.125. The van der Waals surface area contributed by atoms with Gasteiger partial charge in [0.05, 0.1) is 16.8 Å². The summed E-state index contributed by atoms with van der Waals surface area (Å²) in [6.07, 6.45) is 5.76. The molecule has 174 valence electrons. The summed E-state index contributed by atoms with van der Waals surface area (Å²) < 4.78 is 16.7. The zero-order valence-electron chi connectivity index (χ0n) is 18.6. The SMILES string of the molecule is Cc1cn(C(=O)c2c(-c3ccc(Cl)cc3Cl)c[nH]c2C(C)(C)F)c2cccc(/C=C/C(=O)O)c12. The van der Waals surface area contributed by atoms with Crippen molar-refractivity contribution < 1.29 is 19.1 Å². The number of carboxylic acids is 1. The summed E-state index contributed by atoms with van der Waals surface area (Å²) in [5, 5.41) is 10.5. The Morgan fingerprint density at radius 2 is 1.88 bits per heavy atom. The smallest absolute Gasteiger partial charge is 0.328 e. The average molecular weight is 499 g/mol. The molecule has 2 heterocycles. The Morgan fingerprint density at radius 3 is 2.53 bits per heavy atom. The van der Waals surface area contributed by atoms with Gasteiger partial charge in [-0.05, 0) is 56.2 Å². The molecule has 0 aliphatic heterocycles. The van der Waals surface area contributed by atoms with Crippen molar-refractivity contribution in [3.63, 3.8) is 0 Å². The second-order valence-corrected chi connectivity index (χ2v) is 9.29. The number of benzene rings is 2. The highest BCUT2D eigenvalue weighted by atomic mass is 35.5. The second kappa shape index (κ2) is 8.78. The molecule has 0 aliphatic rings. The standard InChI is InChI=1S/C26H21Cl2FN2O3/c1-14-13-31(20-6-4-5-15(22(14)20)7-10-21(32)33)25(34)23-18(12-30-24(23)26(2,3)29)17-9-8-16(27)11-19(17)28/h4-13,30H,1-3H3,(H,32,33)/b10-7+. The van der Waals surface area contributed by atoms with Crippen molar-refractivity contribution in [2.45, 2.75) is 26.4 Å². The van der Waals surface area contributed by atoms with E-state index in [1.165, 1.54) is 24.5 Å². The number of alkyl halides is 1. The van der Waals surface area contributed by atoms with E-state index >= 15 is 4.39 Å². The van der Waals surface area contributed by atoms with Crippen molar-refractivity contribution in [1.29, 1.82) is 0 Å². The molecule has 0 saturated heterocycles. The molecule has 5 nitrogen and oxygen atoms in total. The van der Waals surface area contributed by atoms with E-state index < -0.39 is 17.5 Å². The lowest BCUT2D eigenvalue weighted by Gasteiger charge is -2.17. The first-order chi connectivity index (χ1) is 16.0. The maximum atomic E-state index is 15.2. The largest absolute Gasteiger partial charge is 0.478 e. The van der Waals surface area contributed by atoms with E-state index in [0.717, 1.165) is 17.0 Å². The van der Waals surface area contributed by atoms with Crippen molar-refractivity contribution in [2.75, 3.05) is 0 Å². The number of hydrogen-bond acceptors (Lipinski definition) is 2. The summed E-state index contributed by atoms with van der Waals surface area (Å²) in [7, 11) is 0. The molecule has 2 N–H and O–H groups in total. The van der Waals surface area contributed by atoms with Crippen LogP contribution in [0.5, 0.6) is 0 Å². The number of nitrogens with one attached hydrogen (secondary N) is 1. The molecule has 4 aromatic rings. The van der Waals surface area contributed by atoms with Crippen LogP contribution in [0.15, 0.2) is 54.9 Å². The van der Waals surface area contributed by atoms with Gasteiger partial charge >= 0.3 is 5.97 Å². The van der Waals surface area contributed by atoms with Gasteiger partial charge in [-0.25, -0.2) is 9.18 Å². The lowest BCUT2D eigenvalue weighted by atomic mass is 9.96. The monoisotopic (exact) mass is 498 g/mol. The minimum atomic E-state index is -1.84. The Balaban J connectivity index is 1.96. The van der Waals surface area contributed by atoms with Gasteiger partial charge in [0.15, 0.2) is 0 Å². The summed E-state index contributed by atoms with van der Waals surface area (Å²) in [4.78, 5) is 27.9. The van der Waals surface area contributed by atoms with E-state index in [1.54, 1.807) is 48.8 Å². The van der Waals surface area contributed by atoms with Crippen LogP contribution in [0.4, 0.5) is 4.39 Å². The zero-order valence-corrected chi connectivity index (χ0v) is 20.1. The molecule has 8 heteroatoms. The third-order valence-electron chi connectivity index (χ3n) is 5.59. The van der Waals surface area contributed by atoms with Gasteiger partial charge in [-0.15, -0.1) is 0 Å². The summed E-state index contributed by atoms with van der Waals surface area (Å²) in [6.45, 7) is 4.58. The van der Waals surface area contributed by atoms with Crippen molar-refractivity contribution in [3.8, 4) is 11.1 Å². The Morgan fingerprint density at radius 1 is 1.15 bits per heavy atom. The molecule has 0 radical (unpaired) electrons.